The van der Waals surface area contributed by atoms with Gasteiger partial charge in [0.25, 0.3) is 0 Å². The second-order valence-corrected chi connectivity index (χ2v) is 4.61. The van der Waals surface area contributed by atoms with Crippen LogP contribution in [-0.2, 0) is 9.47 Å². The van der Waals surface area contributed by atoms with Crippen molar-refractivity contribution in [3.8, 4) is 0 Å². The zero-order valence-electron chi connectivity index (χ0n) is 9.21. The van der Waals surface area contributed by atoms with Crippen molar-refractivity contribution >= 4 is 0 Å². The van der Waals surface area contributed by atoms with Crippen molar-refractivity contribution in [2.75, 3.05) is 13.2 Å². The number of unbranched alkanes of at least 4 members (excludes halogenated alkanes) is 2. The second kappa shape index (κ2) is 5.13. The molecule has 2 rings (SSSR count). The molecule has 14 heavy (non-hydrogen) atoms. The van der Waals surface area contributed by atoms with Crippen LogP contribution in [0, 0.1) is 11.8 Å². The van der Waals surface area contributed by atoms with Gasteiger partial charge in [-0.05, 0) is 25.2 Å². The molecule has 3 unspecified atom stereocenters. The molecule has 2 aliphatic rings. The fourth-order valence-corrected chi connectivity index (χ4v) is 2.77. The summed E-state index contributed by atoms with van der Waals surface area (Å²) < 4.78 is 11.2. The standard InChI is InChI=1S/C12H22O2/c1-2-3-4-5-10-6-8-13-12-11(10)7-9-14-12/h10-12H,2-9H2,1H3. The fourth-order valence-electron chi connectivity index (χ4n) is 2.77. The zero-order chi connectivity index (χ0) is 9.80. The summed E-state index contributed by atoms with van der Waals surface area (Å²) in [6, 6.07) is 0. The van der Waals surface area contributed by atoms with Crippen LogP contribution in [0.5, 0.6) is 0 Å². The summed E-state index contributed by atoms with van der Waals surface area (Å²) in [5, 5.41) is 0. The number of fused-ring (bicyclic) bond motifs is 1. The van der Waals surface area contributed by atoms with Gasteiger partial charge in [-0.15, -0.1) is 0 Å². The van der Waals surface area contributed by atoms with Crippen LogP contribution >= 0.6 is 0 Å². The molecule has 2 heterocycles. The van der Waals surface area contributed by atoms with Crippen LogP contribution < -0.4 is 0 Å². The van der Waals surface area contributed by atoms with Crippen LogP contribution in [0.15, 0.2) is 0 Å². The summed E-state index contributed by atoms with van der Waals surface area (Å²) in [6.45, 7) is 4.10. The van der Waals surface area contributed by atoms with Gasteiger partial charge in [0.2, 0.25) is 0 Å². The molecule has 82 valence electrons. The summed E-state index contributed by atoms with van der Waals surface area (Å²) >= 11 is 0. The van der Waals surface area contributed by atoms with E-state index in [9.17, 15) is 0 Å². The van der Waals surface area contributed by atoms with Gasteiger partial charge < -0.3 is 9.47 Å². The number of ether oxygens (including phenoxy) is 2. The molecule has 0 saturated carbocycles. The predicted octanol–water partition coefficient (Wildman–Crippen LogP) is 2.97. The summed E-state index contributed by atoms with van der Waals surface area (Å²) in [5.41, 5.74) is 0. The highest BCUT2D eigenvalue weighted by molar-refractivity contribution is 4.80. The predicted molar refractivity (Wildman–Crippen MR) is 56.0 cm³/mol. The van der Waals surface area contributed by atoms with Gasteiger partial charge in [-0.25, -0.2) is 0 Å². The lowest BCUT2D eigenvalue weighted by Gasteiger charge is -2.32. The maximum atomic E-state index is 5.62. The van der Waals surface area contributed by atoms with E-state index in [2.05, 4.69) is 6.92 Å². The first-order valence-electron chi connectivity index (χ1n) is 6.15. The summed E-state index contributed by atoms with van der Waals surface area (Å²) in [5.74, 6) is 1.59. The lowest BCUT2D eigenvalue weighted by atomic mass is 9.82. The van der Waals surface area contributed by atoms with Crippen molar-refractivity contribution in [2.45, 2.75) is 51.7 Å². The SMILES string of the molecule is CCCCCC1CCOC2OCCC12. The molecule has 0 spiro atoms. The molecule has 3 atom stereocenters. The number of rotatable bonds is 4. The first-order chi connectivity index (χ1) is 6.92. The van der Waals surface area contributed by atoms with Crippen molar-refractivity contribution in [3.63, 3.8) is 0 Å². The van der Waals surface area contributed by atoms with Gasteiger partial charge in [-0.1, -0.05) is 26.2 Å². The van der Waals surface area contributed by atoms with Crippen molar-refractivity contribution in [1.29, 1.82) is 0 Å². The molecule has 0 bridgehead atoms. The van der Waals surface area contributed by atoms with E-state index in [-0.39, 0.29) is 6.29 Å². The zero-order valence-corrected chi connectivity index (χ0v) is 9.21. The van der Waals surface area contributed by atoms with E-state index >= 15 is 0 Å². The molecular weight excluding hydrogens is 176 g/mol. The highest BCUT2D eigenvalue weighted by Gasteiger charge is 2.37. The van der Waals surface area contributed by atoms with Gasteiger partial charge in [0.15, 0.2) is 6.29 Å². The van der Waals surface area contributed by atoms with Crippen LogP contribution in [0.25, 0.3) is 0 Å². The lowest BCUT2D eigenvalue weighted by Crippen LogP contribution is -2.33. The lowest BCUT2D eigenvalue weighted by molar-refractivity contribution is -0.166. The van der Waals surface area contributed by atoms with E-state index in [0.717, 1.165) is 19.1 Å². The van der Waals surface area contributed by atoms with E-state index in [4.69, 9.17) is 9.47 Å². The molecule has 0 aromatic rings. The van der Waals surface area contributed by atoms with E-state index in [1.165, 1.54) is 38.5 Å². The topological polar surface area (TPSA) is 18.5 Å². The minimum Gasteiger partial charge on any atom is -0.352 e. The monoisotopic (exact) mass is 198 g/mol. The summed E-state index contributed by atoms with van der Waals surface area (Å²) in [6.07, 6.45) is 8.13. The Labute approximate surface area is 87.0 Å². The Kier molecular flexibility index (Phi) is 3.82. The highest BCUT2D eigenvalue weighted by Crippen LogP contribution is 2.37. The maximum absolute atomic E-state index is 5.62. The third kappa shape index (κ3) is 2.29. The highest BCUT2D eigenvalue weighted by atomic mass is 16.7. The van der Waals surface area contributed by atoms with Crippen molar-refractivity contribution in [1.82, 2.24) is 0 Å². The molecule has 2 aliphatic heterocycles. The molecule has 0 amide bonds. The minimum atomic E-state index is 0.148. The first-order valence-corrected chi connectivity index (χ1v) is 6.15. The second-order valence-electron chi connectivity index (χ2n) is 4.61. The normalized spacial score (nSPS) is 37.1. The molecule has 0 N–H and O–H groups in total. The molecule has 2 nitrogen and oxygen atoms in total. The van der Waals surface area contributed by atoms with Gasteiger partial charge in [-0.3, -0.25) is 0 Å². The Balaban J connectivity index is 1.78. The third-order valence-electron chi connectivity index (χ3n) is 3.64. The Hall–Kier alpha value is -0.0800. The van der Waals surface area contributed by atoms with Crippen LogP contribution in [0.1, 0.15) is 45.4 Å². The number of hydrogen-bond donors (Lipinski definition) is 0. The van der Waals surface area contributed by atoms with Gasteiger partial charge in [0.1, 0.15) is 0 Å². The molecule has 0 aromatic heterocycles. The van der Waals surface area contributed by atoms with Crippen molar-refractivity contribution in [2.24, 2.45) is 11.8 Å². The quantitative estimate of drug-likeness (QED) is 0.647. The molecule has 2 heteroatoms. The first kappa shape index (κ1) is 10.4. The maximum Gasteiger partial charge on any atom is 0.160 e. The van der Waals surface area contributed by atoms with E-state index in [1.807, 2.05) is 0 Å². The van der Waals surface area contributed by atoms with Gasteiger partial charge in [0.05, 0.1) is 13.2 Å². The van der Waals surface area contributed by atoms with E-state index < -0.39 is 0 Å². The van der Waals surface area contributed by atoms with Crippen molar-refractivity contribution < 1.29 is 9.47 Å². The van der Waals surface area contributed by atoms with E-state index in [1.54, 1.807) is 0 Å². The molecule has 0 radical (unpaired) electrons. The van der Waals surface area contributed by atoms with E-state index in [0.29, 0.717) is 5.92 Å². The van der Waals surface area contributed by atoms with Gasteiger partial charge in [-0.2, -0.15) is 0 Å². The fraction of sp³-hybridized carbons (Fsp3) is 1.00. The molecule has 2 saturated heterocycles. The van der Waals surface area contributed by atoms with Crippen LogP contribution in [0.2, 0.25) is 0 Å². The molecular formula is C12H22O2. The Bertz CT molecular complexity index is 170. The molecule has 0 aromatic carbocycles. The van der Waals surface area contributed by atoms with Crippen LogP contribution in [0.4, 0.5) is 0 Å². The molecule has 0 aliphatic carbocycles. The number of hydrogen-bond acceptors (Lipinski definition) is 2. The summed E-state index contributed by atoms with van der Waals surface area (Å²) in [7, 11) is 0. The minimum absolute atomic E-state index is 0.148. The van der Waals surface area contributed by atoms with Crippen LogP contribution in [0.3, 0.4) is 0 Å². The van der Waals surface area contributed by atoms with Crippen molar-refractivity contribution in [3.05, 3.63) is 0 Å². The smallest absolute Gasteiger partial charge is 0.160 e. The Morgan fingerprint density at radius 2 is 1.86 bits per heavy atom. The Morgan fingerprint density at radius 1 is 1.07 bits per heavy atom. The largest absolute Gasteiger partial charge is 0.352 e. The Morgan fingerprint density at radius 3 is 2.64 bits per heavy atom. The van der Waals surface area contributed by atoms with Gasteiger partial charge in [0, 0.05) is 5.92 Å². The average Bonchev–Trinajstić information content (AvgIpc) is 2.67. The molecule has 2 fully saturated rings. The summed E-state index contributed by atoms with van der Waals surface area (Å²) in [4.78, 5) is 0. The third-order valence-corrected chi connectivity index (χ3v) is 3.64. The average molecular weight is 198 g/mol. The van der Waals surface area contributed by atoms with Gasteiger partial charge >= 0.3 is 0 Å². The van der Waals surface area contributed by atoms with Crippen LogP contribution in [-0.4, -0.2) is 19.5 Å².